The van der Waals surface area contributed by atoms with Crippen LogP contribution in [0.4, 0.5) is 4.39 Å². The lowest BCUT2D eigenvalue weighted by atomic mass is 10.1. The first-order chi connectivity index (χ1) is 6.36. The lowest BCUT2D eigenvalue weighted by Gasteiger charge is -1.94. The van der Waals surface area contributed by atoms with Gasteiger partial charge in [0.15, 0.2) is 0 Å². The van der Waals surface area contributed by atoms with Crippen LogP contribution in [0.5, 0.6) is 0 Å². The second-order valence-corrected chi connectivity index (χ2v) is 3.55. The number of benzene rings is 1. The fourth-order valence-corrected chi connectivity index (χ4v) is 1.72. The van der Waals surface area contributed by atoms with Crippen LogP contribution in [0.2, 0.25) is 0 Å². The van der Waals surface area contributed by atoms with Gasteiger partial charge in [-0.2, -0.15) is 5.10 Å². The molecule has 0 saturated heterocycles. The molecule has 0 atom stereocenters. The average Bonchev–Trinajstić information content (AvgIpc) is 2.87. The quantitative estimate of drug-likeness (QED) is 0.710. The van der Waals surface area contributed by atoms with E-state index >= 15 is 0 Å². The standard InChI is InChI=1S/C10H9FN2/c11-7-2-1-3-8-9(7)10(13-12-8)6-4-5-6/h1-3,6H,4-5H2,(H,12,13). The molecule has 1 aromatic heterocycles. The fourth-order valence-electron chi connectivity index (χ4n) is 1.72. The van der Waals surface area contributed by atoms with Crippen LogP contribution in [0.1, 0.15) is 24.5 Å². The van der Waals surface area contributed by atoms with Gasteiger partial charge < -0.3 is 0 Å². The van der Waals surface area contributed by atoms with Crippen LogP contribution in [0.25, 0.3) is 10.9 Å². The molecule has 13 heavy (non-hydrogen) atoms. The van der Waals surface area contributed by atoms with Crippen molar-refractivity contribution in [3.8, 4) is 0 Å². The van der Waals surface area contributed by atoms with Gasteiger partial charge in [0.25, 0.3) is 0 Å². The number of nitrogens with zero attached hydrogens (tertiary/aromatic N) is 1. The molecule has 1 N–H and O–H groups in total. The van der Waals surface area contributed by atoms with Gasteiger partial charge in [0.1, 0.15) is 5.82 Å². The van der Waals surface area contributed by atoms with E-state index in [1.165, 1.54) is 6.07 Å². The molecule has 3 heteroatoms. The minimum atomic E-state index is -0.159. The maximum Gasteiger partial charge on any atom is 0.134 e. The van der Waals surface area contributed by atoms with Crippen LogP contribution in [0.3, 0.4) is 0 Å². The number of rotatable bonds is 1. The zero-order chi connectivity index (χ0) is 8.84. The molecule has 2 nitrogen and oxygen atoms in total. The molecule has 1 heterocycles. The SMILES string of the molecule is Fc1cccc2n[nH]c(C3CC3)c12. The van der Waals surface area contributed by atoms with Crippen LogP contribution >= 0.6 is 0 Å². The molecule has 1 aliphatic carbocycles. The van der Waals surface area contributed by atoms with Crippen molar-refractivity contribution in [2.75, 3.05) is 0 Å². The van der Waals surface area contributed by atoms with Gasteiger partial charge in [-0.05, 0) is 25.0 Å². The minimum absolute atomic E-state index is 0.159. The molecular formula is C10H9FN2. The molecule has 1 aromatic carbocycles. The summed E-state index contributed by atoms with van der Waals surface area (Å²) in [5, 5.41) is 7.69. The van der Waals surface area contributed by atoms with E-state index in [1.807, 2.05) is 6.07 Å². The summed E-state index contributed by atoms with van der Waals surface area (Å²) >= 11 is 0. The third-order valence-electron chi connectivity index (χ3n) is 2.54. The molecule has 1 saturated carbocycles. The molecule has 0 aliphatic heterocycles. The van der Waals surface area contributed by atoms with E-state index in [1.54, 1.807) is 6.07 Å². The lowest BCUT2D eigenvalue weighted by Crippen LogP contribution is -1.82. The minimum Gasteiger partial charge on any atom is -0.281 e. The highest BCUT2D eigenvalue weighted by molar-refractivity contribution is 5.82. The summed E-state index contributed by atoms with van der Waals surface area (Å²) in [4.78, 5) is 0. The third-order valence-corrected chi connectivity index (χ3v) is 2.54. The number of hydrogen-bond donors (Lipinski definition) is 1. The third kappa shape index (κ3) is 0.963. The van der Waals surface area contributed by atoms with Crippen LogP contribution in [0.15, 0.2) is 18.2 Å². The number of halogens is 1. The highest BCUT2D eigenvalue weighted by atomic mass is 19.1. The smallest absolute Gasteiger partial charge is 0.134 e. The molecule has 0 spiro atoms. The number of hydrogen-bond acceptors (Lipinski definition) is 1. The van der Waals surface area contributed by atoms with E-state index < -0.39 is 0 Å². The summed E-state index contributed by atoms with van der Waals surface area (Å²) in [7, 11) is 0. The summed E-state index contributed by atoms with van der Waals surface area (Å²) < 4.78 is 13.4. The second-order valence-electron chi connectivity index (χ2n) is 3.55. The van der Waals surface area contributed by atoms with Crippen molar-refractivity contribution in [2.45, 2.75) is 18.8 Å². The molecule has 3 rings (SSSR count). The van der Waals surface area contributed by atoms with Crippen molar-refractivity contribution < 1.29 is 4.39 Å². The molecule has 1 fully saturated rings. The van der Waals surface area contributed by atoms with Gasteiger partial charge in [0.05, 0.1) is 10.9 Å². The number of aromatic amines is 1. The second kappa shape index (κ2) is 2.31. The highest BCUT2D eigenvalue weighted by Crippen LogP contribution is 2.42. The van der Waals surface area contributed by atoms with Crippen molar-refractivity contribution in [2.24, 2.45) is 0 Å². The largest absolute Gasteiger partial charge is 0.281 e. The Balaban J connectivity index is 2.34. The van der Waals surface area contributed by atoms with E-state index in [9.17, 15) is 4.39 Å². The molecule has 0 unspecified atom stereocenters. The number of fused-ring (bicyclic) bond motifs is 1. The van der Waals surface area contributed by atoms with E-state index in [-0.39, 0.29) is 5.82 Å². The van der Waals surface area contributed by atoms with Crippen molar-refractivity contribution in [1.29, 1.82) is 0 Å². The van der Waals surface area contributed by atoms with E-state index in [0.717, 1.165) is 24.1 Å². The van der Waals surface area contributed by atoms with Crippen LogP contribution < -0.4 is 0 Å². The normalized spacial score (nSPS) is 16.7. The Kier molecular flexibility index (Phi) is 1.26. The van der Waals surface area contributed by atoms with Gasteiger partial charge in [0.2, 0.25) is 0 Å². The summed E-state index contributed by atoms with van der Waals surface area (Å²) in [6, 6.07) is 5.01. The van der Waals surface area contributed by atoms with Crippen LogP contribution in [-0.2, 0) is 0 Å². The van der Waals surface area contributed by atoms with Crippen LogP contribution in [0, 0.1) is 5.82 Å². The van der Waals surface area contributed by atoms with Gasteiger partial charge in [-0.3, -0.25) is 5.10 Å². The molecule has 66 valence electrons. The highest BCUT2D eigenvalue weighted by Gasteiger charge is 2.28. The van der Waals surface area contributed by atoms with Gasteiger partial charge in [0, 0.05) is 11.6 Å². The van der Waals surface area contributed by atoms with Gasteiger partial charge in [-0.25, -0.2) is 4.39 Å². The summed E-state index contributed by atoms with van der Waals surface area (Å²) in [6.45, 7) is 0. The van der Waals surface area contributed by atoms with Gasteiger partial charge in [-0.15, -0.1) is 0 Å². The lowest BCUT2D eigenvalue weighted by molar-refractivity contribution is 0.638. The van der Waals surface area contributed by atoms with Gasteiger partial charge in [-0.1, -0.05) is 6.07 Å². The number of nitrogens with one attached hydrogen (secondary N) is 1. The van der Waals surface area contributed by atoms with E-state index in [2.05, 4.69) is 10.2 Å². The number of aromatic nitrogens is 2. The Bertz CT molecular complexity index is 457. The zero-order valence-corrected chi connectivity index (χ0v) is 7.05. The first-order valence-corrected chi connectivity index (χ1v) is 4.49. The maximum absolute atomic E-state index is 13.4. The Hall–Kier alpha value is -1.38. The predicted molar refractivity (Wildman–Crippen MR) is 48.0 cm³/mol. The summed E-state index contributed by atoms with van der Waals surface area (Å²) in [5.41, 5.74) is 1.72. The molecule has 0 amide bonds. The predicted octanol–water partition coefficient (Wildman–Crippen LogP) is 2.58. The van der Waals surface area contributed by atoms with Crippen molar-refractivity contribution >= 4 is 10.9 Å². The molecule has 2 aromatic rings. The number of H-pyrrole nitrogens is 1. The van der Waals surface area contributed by atoms with Crippen molar-refractivity contribution in [3.63, 3.8) is 0 Å². The monoisotopic (exact) mass is 176 g/mol. The molecule has 1 aliphatic rings. The fraction of sp³-hybridized carbons (Fsp3) is 0.300. The Morgan fingerprint density at radius 2 is 2.23 bits per heavy atom. The molecule has 0 bridgehead atoms. The molecular weight excluding hydrogens is 167 g/mol. The average molecular weight is 176 g/mol. The van der Waals surface area contributed by atoms with Crippen molar-refractivity contribution in [1.82, 2.24) is 10.2 Å². The van der Waals surface area contributed by atoms with E-state index in [4.69, 9.17) is 0 Å². The Labute approximate surface area is 74.8 Å². The summed E-state index contributed by atoms with van der Waals surface area (Å²) in [6.07, 6.45) is 2.32. The Morgan fingerprint density at radius 1 is 1.38 bits per heavy atom. The molecule has 0 radical (unpaired) electrons. The van der Waals surface area contributed by atoms with E-state index in [0.29, 0.717) is 11.3 Å². The summed E-state index contributed by atoms with van der Waals surface area (Å²) in [5.74, 6) is 0.357. The topological polar surface area (TPSA) is 28.7 Å². The van der Waals surface area contributed by atoms with Gasteiger partial charge >= 0.3 is 0 Å². The van der Waals surface area contributed by atoms with Crippen LogP contribution in [-0.4, -0.2) is 10.2 Å². The zero-order valence-electron chi connectivity index (χ0n) is 7.05. The maximum atomic E-state index is 13.4. The first kappa shape index (κ1) is 7.06. The van der Waals surface area contributed by atoms with Crippen molar-refractivity contribution in [3.05, 3.63) is 29.7 Å². The first-order valence-electron chi connectivity index (χ1n) is 4.49. The Morgan fingerprint density at radius 3 is 3.00 bits per heavy atom.